The lowest BCUT2D eigenvalue weighted by Gasteiger charge is -2.16. The number of amides is 1. The molecule has 0 aliphatic rings. The molecule has 0 radical (unpaired) electrons. The lowest BCUT2D eigenvalue weighted by molar-refractivity contribution is 0.0798. The van der Waals surface area contributed by atoms with Crippen LogP contribution in [0.4, 0.5) is 0 Å². The van der Waals surface area contributed by atoms with Gasteiger partial charge in [0, 0.05) is 25.6 Å². The van der Waals surface area contributed by atoms with Gasteiger partial charge in [0.15, 0.2) is 0 Å². The van der Waals surface area contributed by atoms with Crippen molar-refractivity contribution in [3.05, 3.63) is 29.8 Å². The number of amidine groups is 1. The van der Waals surface area contributed by atoms with Crippen LogP contribution in [0, 0.1) is 0 Å². The Labute approximate surface area is 112 Å². The molecule has 0 aliphatic heterocycles. The summed E-state index contributed by atoms with van der Waals surface area (Å²) in [4.78, 5) is 13.6. The minimum Gasteiger partial charge on any atom is -0.494 e. The van der Waals surface area contributed by atoms with E-state index in [0.29, 0.717) is 25.1 Å². The summed E-state index contributed by atoms with van der Waals surface area (Å²) in [7, 11) is 1.67. The highest BCUT2D eigenvalue weighted by molar-refractivity contribution is 5.94. The molecule has 0 heterocycles. The largest absolute Gasteiger partial charge is 0.494 e. The van der Waals surface area contributed by atoms with Crippen LogP contribution in [0.2, 0.25) is 0 Å². The van der Waals surface area contributed by atoms with Crippen LogP contribution in [0.5, 0.6) is 5.75 Å². The molecule has 19 heavy (non-hydrogen) atoms. The summed E-state index contributed by atoms with van der Waals surface area (Å²) < 4.78 is 5.31. The molecule has 0 atom stereocenters. The first-order valence-electron chi connectivity index (χ1n) is 6.03. The third-order valence-electron chi connectivity index (χ3n) is 2.59. The molecule has 0 aliphatic carbocycles. The van der Waals surface area contributed by atoms with Crippen molar-refractivity contribution >= 4 is 11.7 Å². The maximum Gasteiger partial charge on any atom is 0.253 e. The van der Waals surface area contributed by atoms with Crippen molar-refractivity contribution in [2.24, 2.45) is 10.9 Å². The van der Waals surface area contributed by atoms with Crippen molar-refractivity contribution in [2.45, 2.75) is 13.3 Å². The molecule has 1 rings (SSSR count). The fraction of sp³-hybridized carbons (Fsp3) is 0.385. The predicted octanol–water partition coefficient (Wildman–Crippen LogP) is 1.29. The van der Waals surface area contributed by atoms with Crippen molar-refractivity contribution < 1.29 is 14.7 Å². The smallest absolute Gasteiger partial charge is 0.253 e. The number of hydrogen-bond acceptors (Lipinski definition) is 4. The van der Waals surface area contributed by atoms with Gasteiger partial charge in [-0.2, -0.15) is 0 Å². The van der Waals surface area contributed by atoms with E-state index in [9.17, 15) is 4.79 Å². The van der Waals surface area contributed by atoms with Gasteiger partial charge >= 0.3 is 0 Å². The van der Waals surface area contributed by atoms with Gasteiger partial charge in [0.25, 0.3) is 5.91 Å². The molecule has 6 heteroatoms. The fourth-order valence-corrected chi connectivity index (χ4v) is 1.51. The molecule has 3 N–H and O–H groups in total. The van der Waals surface area contributed by atoms with E-state index in [0.717, 1.165) is 5.75 Å². The Morgan fingerprint density at radius 2 is 2.05 bits per heavy atom. The molecule has 0 saturated heterocycles. The summed E-state index contributed by atoms with van der Waals surface area (Å²) in [6.45, 7) is 2.88. The van der Waals surface area contributed by atoms with E-state index in [-0.39, 0.29) is 11.7 Å². The Morgan fingerprint density at radius 1 is 1.42 bits per heavy atom. The summed E-state index contributed by atoms with van der Waals surface area (Å²) in [5, 5.41) is 11.3. The number of nitrogens with zero attached hydrogens (tertiary/aromatic N) is 2. The summed E-state index contributed by atoms with van der Waals surface area (Å²) in [6, 6.07) is 6.95. The van der Waals surface area contributed by atoms with Gasteiger partial charge in [0.1, 0.15) is 11.6 Å². The Bertz CT molecular complexity index is 443. The van der Waals surface area contributed by atoms with Crippen LogP contribution in [-0.4, -0.2) is 42.0 Å². The summed E-state index contributed by atoms with van der Waals surface area (Å²) in [5.41, 5.74) is 5.93. The Morgan fingerprint density at radius 3 is 2.58 bits per heavy atom. The molecular weight excluding hydrogens is 246 g/mol. The highest BCUT2D eigenvalue weighted by Crippen LogP contribution is 2.13. The highest BCUT2D eigenvalue weighted by Gasteiger charge is 2.11. The van der Waals surface area contributed by atoms with Gasteiger partial charge in [-0.15, -0.1) is 0 Å². The average molecular weight is 265 g/mol. The predicted molar refractivity (Wildman–Crippen MR) is 72.6 cm³/mol. The van der Waals surface area contributed by atoms with E-state index < -0.39 is 0 Å². The number of nitrogens with two attached hydrogens (primary N) is 1. The SMILES string of the molecule is CCOc1ccc(C(=O)N(C)CC/C(N)=N/O)cc1. The fourth-order valence-electron chi connectivity index (χ4n) is 1.51. The molecule has 0 aromatic heterocycles. The van der Waals surface area contributed by atoms with Gasteiger partial charge in [-0.25, -0.2) is 0 Å². The lowest BCUT2D eigenvalue weighted by atomic mass is 10.2. The van der Waals surface area contributed by atoms with Crippen molar-refractivity contribution in [3.8, 4) is 5.75 Å². The van der Waals surface area contributed by atoms with E-state index in [1.54, 1.807) is 31.3 Å². The van der Waals surface area contributed by atoms with E-state index >= 15 is 0 Å². The molecule has 0 unspecified atom stereocenters. The molecular formula is C13H19N3O3. The zero-order chi connectivity index (χ0) is 14.3. The lowest BCUT2D eigenvalue weighted by Crippen LogP contribution is -2.30. The number of benzene rings is 1. The quantitative estimate of drug-likeness (QED) is 0.351. The Balaban J connectivity index is 2.61. The zero-order valence-electron chi connectivity index (χ0n) is 11.2. The Kier molecular flexibility index (Phi) is 5.66. The second kappa shape index (κ2) is 7.25. The minimum atomic E-state index is -0.117. The first kappa shape index (κ1) is 14.8. The van der Waals surface area contributed by atoms with Gasteiger partial charge in [0.2, 0.25) is 0 Å². The van der Waals surface area contributed by atoms with Gasteiger partial charge in [-0.05, 0) is 31.2 Å². The van der Waals surface area contributed by atoms with Crippen LogP contribution in [-0.2, 0) is 0 Å². The number of carbonyl (C=O) groups is 1. The van der Waals surface area contributed by atoms with Gasteiger partial charge in [-0.1, -0.05) is 5.16 Å². The summed E-state index contributed by atoms with van der Waals surface area (Å²) >= 11 is 0. The molecule has 104 valence electrons. The standard InChI is InChI=1S/C13H19N3O3/c1-3-19-11-6-4-10(5-7-11)13(17)16(2)9-8-12(14)15-18/h4-7,18H,3,8-9H2,1-2H3,(H2,14,15). The van der Waals surface area contributed by atoms with Crippen molar-refractivity contribution in [1.82, 2.24) is 4.90 Å². The zero-order valence-corrected chi connectivity index (χ0v) is 11.2. The number of carbonyl (C=O) groups excluding carboxylic acids is 1. The third kappa shape index (κ3) is 4.50. The third-order valence-corrected chi connectivity index (χ3v) is 2.59. The first-order valence-corrected chi connectivity index (χ1v) is 6.03. The number of rotatable bonds is 6. The van der Waals surface area contributed by atoms with Crippen LogP contribution < -0.4 is 10.5 Å². The first-order chi connectivity index (χ1) is 9.08. The van der Waals surface area contributed by atoms with Crippen molar-refractivity contribution in [2.75, 3.05) is 20.2 Å². The number of hydrogen-bond donors (Lipinski definition) is 2. The van der Waals surface area contributed by atoms with Crippen molar-refractivity contribution in [3.63, 3.8) is 0 Å². The van der Waals surface area contributed by atoms with Crippen LogP contribution in [0.3, 0.4) is 0 Å². The molecule has 0 spiro atoms. The van der Waals surface area contributed by atoms with E-state index in [1.165, 1.54) is 4.90 Å². The molecule has 1 amide bonds. The van der Waals surface area contributed by atoms with Crippen LogP contribution in [0.1, 0.15) is 23.7 Å². The van der Waals surface area contributed by atoms with Crippen LogP contribution in [0.25, 0.3) is 0 Å². The molecule has 6 nitrogen and oxygen atoms in total. The topological polar surface area (TPSA) is 88.2 Å². The second-order valence-corrected chi connectivity index (χ2v) is 4.03. The normalized spacial score (nSPS) is 11.2. The maximum atomic E-state index is 12.1. The van der Waals surface area contributed by atoms with Gasteiger partial charge in [-0.3, -0.25) is 4.79 Å². The number of ether oxygens (including phenoxy) is 1. The molecule has 0 bridgehead atoms. The Hall–Kier alpha value is -2.24. The molecule has 1 aromatic carbocycles. The number of oxime groups is 1. The highest BCUT2D eigenvalue weighted by atomic mass is 16.5. The van der Waals surface area contributed by atoms with Gasteiger partial charge in [0.05, 0.1) is 6.61 Å². The minimum absolute atomic E-state index is 0.103. The molecule has 0 saturated carbocycles. The maximum absolute atomic E-state index is 12.1. The van der Waals surface area contributed by atoms with E-state index in [4.69, 9.17) is 15.7 Å². The van der Waals surface area contributed by atoms with Crippen molar-refractivity contribution in [1.29, 1.82) is 0 Å². The monoisotopic (exact) mass is 265 g/mol. The summed E-state index contributed by atoms with van der Waals surface area (Å²) in [5.74, 6) is 0.721. The van der Waals surface area contributed by atoms with Crippen LogP contribution in [0.15, 0.2) is 29.4 Å². The van der Waals surface area contributed by atoms with E-state index in [2.05, 4.69) is 5.16 Å². The van der Waals surface area contributed by atoms with E-state index in [1.807, 2.05) is 6.92 Å². The molecule has 0 fully saturated rings. The van der Waals surface area contributed by atoms with Gasteiger partial charge < -0.3 is 20.6 Å². The summed E-state index contributed by atoms with van der Waals surface area (Å²) in [6.07, 6.45) is 0.329. The average Bonchev–Trinajstić information content (AvgIpc) is 2.44. The van der Waals surface area contributed by atoms with Crippen LogP contribution >= 0.6 is 0 Å². The molecule has 1 aromatic rings. The second-order valence-electron chi connectivity index (χ2n) is 4.03.